The lowest BCUT2D eigenvalue weighted by atomic mass is 10.0. The zero-order valence-electron chi connectivity index (χ0n) is 23.7. The van der Waals surface area contributed by atoms with Gasteiger partial charge in [0.05, 0.1) is 35.9 Å². The third-order valence-corrected chi connectivity index (χ3v) is 8.45. The predicted octanol–water partition coefficient (Wildman–Crippen LogP) is 2.93. The summed E-state index contributed by atoms with van der Waals surface area (Å²) in [6.45, 7) is 5.07. The molecular formula is C30H36N6O4S. The van der Waals surface area contributed by atoms with E-state index >= 15 is 0 Å². The highest BCUT2D eigenvalue weighted by atomic mass is 32.1. The van der Waals surface area contributed by atoms with Gasteiger partial charge in [0.15, 0.2) is 12.2 Å². The summed E-state index contributed by atoms with van der Waals surface area (Å²) in [6, 6.07) is 13.8. The summed E-state index contributed by atoms with van der Waals surface area (Å²) >= 11 is 1.39. The number of carbonyl (C=O) groups excluding carboxylic acids is 2. The molecule has 0 bridgehead atoms. The summed E-state index contributed by atoms with van der Waals surface area (Å²) in [4.78, 5) is 38.7. The van der Waals surface area contributed by atoms with E-state index < -0.39 is 24.0 Å². The first-order valence-electron chi connectivity index (χ1n) is 13.7. The molecule has 1 aliphatic rings. The number of imidazole rings is 1. The molecule has 0 aliphatic carbocycles. The van der Waals surface area contributed by atoms with E-state index in [1.807, 2.05) is 62.5 Å². The van der Waals surface area contributed by atoms with E-state index in [4.69, 9.17) is 0 Å². The molecule has 11 heteroatoms. The third kappa shape index (κ3) is 6.12. The number of hydrogen-bond acceptors (Lipinski definition) is 8. The topological polar surface area (TPSA) is 124 Å². The maximum Gasteiger partial charge on any atom is 0.255 e. The Labute approximate surface area is 243 Å². The fraction of sp³-hybridized carbons (Fsp3) is 0.400. The second-order valence-electron chi connectivity index (χ2n) is 10.8. The van der Waals surface area contributed by atoms with Crippen LogP contribution >= 0.6 is 11.3 Å². The van der Waals surface area contributed by atoms with E-state index in [1.54, 1.807) is 4.90 Å². The van der Waals surface area contributed by atoms with Crippen LogP contribution in [0.3, 0.4) is 0 Å². The predicted molar refractivity (Wildman–Crippen MR) is 159 cm³/mol. The van der Waals surface area contributed by atoms with Crippen LogP contribution < -0.4 is 10.2 Å². The number of aliphatic hydroxyl groups is 2. The number of likely N-dealkylation sites (tertiary alicyclic amines) is 1. The summed E-state index contributed by atoms with van der Waals surface area (Å²) in [5, 5.41) is 26.4. The number of carbonyl (C=O) groups is 2. The molecule has 2 aromatic heterocycles. The quantitative estimate of drug-likeness (QED) is 0.280. The molecule has 0 spiro atoms. The van der Waals surface area contributed by atoms with Crippen molar-refractivity contribution in [2.45, 2.75) is 58.0 Å². The largest absolute Gasteiger partial charge is 0.380 e. The van der Waals surface area contributed by atoms with Crippen molar-refractivity contribution in [1.29, 1.82) is 0 Å². The molecule has 2 aromatic carbocycles. The Morgan fingerprint density at radius 3 is 2.71 bits per heavy atom. The molecule has 2 unspecified atom stereocenters. The Balaban J connectivity index is 1.18. The molecule has 3 N–H and O–H groups in total. The van der Waals surface area contributed by atoms with E-state index in [9.17, 15) is 19.8 Å². The summed E-state index contributed by atoms with van der Waals surface area (Å²) in [6.07, 6.45) is -2.23. The van der Waals surface area contributed by atoms with Crippen LogP contribution in [0.25, 0.3) is 11.0 Å². The summed E-state index contributed by atoms with van der Waals surface area (Å²) < 4.78 is 2.10. The average molecular weight is 577 g/mol. The van der Waals surface area contributed by atoms with Crippen molar-refractivity contribution < 1.29 is 19.8 Å². The van der Waals surface area contributed by atoms with Gasteiger partial charge >= 0.3 is 0 Å². The zero-order chi connectivity index (χ0) is 29.3. The van der Waals surface area contributed by atoms with Crippen molar-refractivity contribution >= 4 is 39.9 Å². The molecule has 2 amide bonds. The number of nitrogens with zero attached hydrogens (tertiary/aromatic N) is 5. The van der Waals surface area contributed by atoms with Gasteiger partial charge in [0, 0.05) is 31.7 Å². The average Bonchev–Trinajstić information content (AvgIpc) is 3.70. The van der Waals surface area contributed by atoms with Crippen LogP contribution in [-0.4, -0.2) is 74.3 Å². The van der Waals surface area contributed by atoms with E-state index in [-0.39, 0.29) is 12.6 Å². The minimum atomic E-state index is -1.89. The molecule has 0 saturated carbocycles. The third-order valence-electron chi connectivity index (χ3n) is 7.56. The number of nitrogens with one attached hydrogen (secondary N) is 1. The fourth-order valence-electron chi connectivity index (χ4n) is 5.33. The molecular weight excluding hydrogens is 540 g/mol. The van der Waals surface area contributed by atoms with Gasteiger partial charge < -0.3 is 29.9 Å². The first kappa shape index (κ1) is 28.7. The van der Waals surface area contributed by atoms with Crippen molar-refractivity contribution in [3.8, 4) is 0 Å². The van der Waals surface area contributed by atoms with Crippen LogP contribution in [-0.2, 0) is 22.7 Å². The van der Waals surface area contributed by atoms with E-state index in [1.165, 1.54) is 11.3 Å². The zero-order valence-corrected chi connectivity index (χ0v) is 24.6. The van der Waals surface area contributed by atoms with E-state index in [2.05, 4.69) is 38.1 Å². The van der Waals surface area contributed by atoms with Crippen molar-refractivity contribution in [3.63, 3.8) is 0 Å². The minimum Gasteiger partial charge on any atom is -0.380 e. The molecule has 5 rings (SSSR count). The van der Waals surface area contributed by atoms with Gasteiger partial charge in [-0.25, -0.2) is 9.97 Å². The summed E-state index contributed by atoms with van der Waals surface area (Å²) in [5.41, 5.74) is 5.92. The molecule has 216 valence electrons. The van der Waals surface area contributed by atoms with Crippen molar-refractivity contribution in [2.75, 3.05) is 25.5 Å². The summed E-state index contributed by atoms with van der Waals surface area (Å²) in [7, 11) is 3.90. The molecule has 1 fully saturated rings. The molecule has 41 heavy (non-hydrogen) atoms. The van der Waals surface area contributed by atoms with Gasteiger partial charge in [-0.2, -0.15) is 0 Å². The molecule has 4 aromatic rings. The Morgan fingerprint density at radius 2 is 1.93 bits per heavy atom. The number of benzene rings is 2. The molecule has 3 heterocycles. The van der Waals surface area contributed by atoms with Gasteiger partial charge in [-0.1, -0.05) is 18.2 Å². The SMILES string of the molecule is Cc1ccc2c(c1)nc(C)n2Cc1csc(CNC(=O)C(O)[C@@H](O)C(=O)N2CCCC2c2cccc(N(C)C)c2)n1. The number of anilines is 1. The Morgan fingerprint density at radius 1 is 1.12 bits per heavy atom. The standard InChI is InChI=1S/C30H36N6O4S/c1-18-10-11-25-23(13-18)32-19(2)36(25)16-21-17-41-26(33-21)15-31-29(39)27(37)28(38)30(40)35-12-6-9-24(35)20-7-5-8-22(14-20)34(3)4/h5,7-8,10-11,13-14,17,24,27-28,37-38H,6,9,12,15-16H2,1-4H3,(H,31,39)/t24?,27?,28-/m1/s1. The van der Waals surface area contributed by atoms with Crippen LogP contribution in [0.4, 0.5) is 5.69 Å². The fourth-order valence-corrected chi connectivity index (χ4v) is 6.05. The summed E-state index contributed by atoms with van der Waals surface area (Å²) in [5.74, 6) is -0.583. The first-order valence-corrected chi connectivity index (χ1v) is 14.6. The van der Waals surface area contributed by atoms with Crippen LogP contribution in [0.1, 0.15) is 46.5 Å². The number of rotatable bonds is 9. The second kappa shape index (κ2) is 12.0. The van der Waals surface area contributed by atoms with Gasteiger partial charge in [0.2, 0.25) is 0 Å². The lowest BCUT2D eigenvalue weighted by Gasteiger charge is -2.29. The van der Waals surface area contributed by atoms with Crippen molar-refractivity contribution in [2.24, 2.45) is 0 Å². The van der Waals surface area contributed by atoms with Crippen molar-refractivity contribution in [1.82, 2.24) is 24.8 Å². The van der Waals surface area contributed by atoms with Crippen molar-refractivity contribution in [3.05, 3.63) is 75.5 Å². The number of aliphatic hydroxyl groups excluding tert-OH is 2. The van der Waals surface area contributed by atoms with Crippen LogP contribution in [0.15, 0.2) is 47.8 Å². The highest BCUT2D eigenvalue weighted by Gasteiger charge is 2.38. The van der Waals surface area contributed by atoms with E-state index in [0.29, 0.717) is 18.1 Å². The molecule has 3 atom stereocenters. The number of aromatic nitrogens is 3. The molecule has 10 nitrogen and oxygen atoms in total. The molecule has 1 saturated heterocycles. The lowest BCUT2D eigenvalue weighted by molar-refractivity contribution is -0.153. The smallest absolute Gasteiger partial charge is 0.255 e. The minimum absolute atomic E-state index is 0.0774. The first-order chi connectivity index (χ1) is 19.6. The van der Waals surface area contributed by atoms with Crippen LogP contribution in [0.2, 0.25) is 0 Å². The normalized spacial score (nSPS) is 16.6. The monoisotopic (exact) mass is 576 g/mol. The molecule has 0 radical (unpaired) electrons. The Bertz CT molecular complexity index is 1560. The number of thiazole rings is 1. The second-order valence-corrected chi connectivity index (χ2v) is 11.7. The Hall–Kier alpha value is -3.80. The number of hydrogen-bond donors (Lipinski definition) is 3. The number of amides is 2. The van der Waals surface area contributed by atoms with Crippen LogP contribution in [0, 0.1) is 13.8 Å². The molecule has 1 aliphatic heterocycles. The number of fused-ring (bicyclic) bond motifs is 1. The number of aryl methyl sites for hydroxylation is 2. The highest BCUT2D eigenvalue weighted by Crippen LogP contribution is 2.34. The maximum absolute atomic E-state index is 13.2. The Kier molecular flexibility index (Phi) is 8.39. The highest BCUT2D eigenvalue weighted by molar-refractivity contribution is 7.09. The van der Waals surface area contributed by atoms with Gasteiger partial charge in [-0.3, -0.25) is 9.59 Å². The maximum atomic E-state index is 13.2. The van der Waals surface area contributed by atoms with Gasteiger partial charge in [0.1, 0.15) is 10.8 Å². The van der Waals surface area contributed by atoms with Gasteiger partial charge in [0.25, 0.3) is 11.8 Å². The van der Waals surface area contributed by atoms with Crippen LogP contribution in [0.5, 0.6) is 0 Å². The van der Waals surface area contributed by atoms with Gasteiger partial charge in [-0.15, -0.1) is 11.3 Å². The van der Waals surface area contributed by atoms with E-state index in [0.717, 1.165) is 52.2 Å². The van der Waals surface area contributed by atoms with Gasteiger partial charge in [-0.05, 0) is 62.1 Å². The lowest BCUT2D eigenvalue weighted by Crippen LogP contribution is -2.50.